The zero-order valence-corrected chi connectivity index (χ0v) is 10.9. The van der Waals surface area contributed by atoms with E-state index in [4.69, 9.17) is 4.74 Å². The van der Waals surface area contributed by atoms with Gasteiger partial charge in [-0.05, 0) is 40.8 Å². The van der Waals surface area contributed by atoms with Gasteiger partial charge in [0, 0.05) is 23.7 Å². The van der Waals surface area contributed by atoms with Crippen molar-refractivity contribution in [1.29, 1.82) is 0 Å². The molecule has 1 aromatic rings. The molecule has 90 valence electrons. The topological polar surface area (TPSA) is 34.1 Å². The van der Waals surface area contributed by atoms with Gasteiger partial charge < -0.3 is 10.1 Å². The molecule has 0 aliphatic carbocycles. The first-order chi connectivity index (χ1) is 7.43. The average molecular weight is 222 g/mol. The molecule has 0 saturated heterocycles. The Morgan fingerprint density at radius 2 is 2.06 bits per heavy atom. The highest BCUT2D eigenvalue weighted by Gasteiger charge is 2.16. The Morgan fingerprint density at radius 3 is 2.62 bits per heavy atom. The molecule has 0 saturated carbocycles. The molecule has 0 bridgehead atoms. The predicted octanol–water partition coefficient (Wildman–Crippen LogP) is 2.41. The van der Waals surface area contributed by atoms with Gasteiger partial charge >= 0.3 is 0 Å². The van der Waals surface area contributed by atoms with Crippen LogP contribution in [0.2, 0.25) is 0 Å². The van der Waals surface area contributed by atoms with Gasteiger partial charge in [0.1, 0.15) is 0 Å². The molecular weight excluding hydrogens is 200 g/mol. The van der Waals surface area contributed by atoms with Crippen molar-refractivity contribution in [3.8, 4) is 5.88 Å². The van der Waals surface area contributed by atoms with E-state index in [0.29, 0.717) is 5.88 Å². The summed E-state index contributed by atoms with van der Waals surface area (Å²) in [6, 6.07) is 5.92. The highest BCUT2D eigenvalue weighted by Crippen LogP contribution is 2.14. The number of aromatic nitrogens is 1. The van der Waals surface area contributed by atoms with Crippen LogP contribution in [0.15, 0.2) is 18.2 Å². The Morgan fingerprint density at radius 1 is 1.38 bits per heavy atom. The molecule has 0 aliphatic heterocycles. The Bertz CT molecular complexity index is 334. The van der Waals surface area contributed by atoms with Crippen molar-refractivity contribution in [2.75, 3.05) is 7.05 Å². The van der Waals surface area contributed by atoms with E-state index in [9.17, 15) is 0 Å². The molecule has 1 rings (SSSR count). The molecular formula is C13H22N2O. The normalized spacial score (nSPS) is 11.9. The van der Waals surface area contributed by atoms with Crippen LogP contribution in [0.1, 0.15) is 33.4 Å². The maximum absolute atomic E-state index is 5.57. The van der Waals surface area contributed by atoms with Gasteiger partial charge in [0.25, 0.3) is 0 Å². The summed E-state index contributed by atoms with van der Waals surface area (Å²) < 4.78 is 5.57. The summed E-state index contributed by atoms with van der Waals surface area (Å²) in [6.45, 7) is 8.33. The lowest BCUT2D eigenvalue weighted by atomic mass is 9.98. The first kappa shape index (κ1) is 13.0. The fourth-order valence-electron chi connectivity index (χ4n) is 1.40. The molecule has 0 unspecified atom stereocenters. The van der Waals surface area contributed by atoms with E-state index in [1.54, 1.807) is 0 Å². The second-order valence-electron chi connectivity index (χ2n) is 4.94. The van der Waals surface area contributed by atoms with Crippen LogP contribution < -0.4 is 10.1 Å². The number of likely N-dealkylation sites (N-methyl/N-ethyl adjacent to an activating group) is 1. The van der Waals surface area contributed by atoms with Crippen molar-refractivity contribution in [2.45, 2.75) is 45.8 Å². The standard InChI is InChI=1S/C13H22N2O/c1-10(2)16-12-8-6-7-11(15-12)9-13(3,4)14-5/h6-8,10,14H,9H2,1-5H3. The van der Waals surface area contributed by atoms with Crippen LogP contribution in [-0.4, -0.2) is 23.7 Å². The lowest BCUT2D eigenvalue weighted by Crippen LogP contribution is -2.38. The van der Waals surface area contributed by atoms with E-state index < -0.39 is 0 Å². The molecule has 0 fully saturated rings. The number of rotatable bonds is 5. The van der Waals surface area contributed by atoms with E-state index in [-0.39, 0.29) is 11.6 Å². The lowest BCUT2D eigenvalue weighted by molar-refractivity contribution is 0.231. The lowest BCUT2D eigenvalue weighted by Gasteiger charge is -2.23. The van der Waals surface area contributed by atoms with E-state index in [1.807, 2.05) is 39.1 Å². The number of nitrogens with zero attached hydrogens (tertiary/aromatic N) is 1. The quantitative estimate of drug-likeness (QED) is 0.830. The minimum Gasteiger partial charge on any atom is -0.475 e. The molecule has 1 heterocycles. The van der Waals surface area contributed by atoms with Gasteiger partial charge in [0.15, 0.2) is 0 Å². The van der Waals surface area contributed by atoms with Gasteiger partial charge in [-0.15, -0.1) is 0 Å². The van der Waals surface area contributed by atoms with E-state index in [0.717, 1.165) is 12.1 Å². The van der Waals surface area contributed by atoms with E-state index >= 15 is 0 Å². The third kappa shape index (κ3) is 4.19. The Labute approximate surface area is 98.2 Å². The van der Waals surface area contributed by atoms with Crippen LogP contribution in [0.4, 0.5) is 0 Å². The van der Waals surface area contributed by atoms with Crippen molar-refractivity contribution in [3.63, 3.8) is 0 Å². The molecule has 3 heteroatoms. The first-order valence-electron chi connectivity index (χ1n) is 5.74. The molecule has 0 radical (unpaired) electrons. The Hall–Kier alpha value is -1.09. The Kier molecular flexibility index (Phi) is 4.30. The van der Waals surface area contributed by atoms with Crippen LogP contribution in [0.25, 0.3) is 0 Å². The van der Waals surface area contributed by atoms with Crippen molar-refractivity contribution < 1.29 is 4.74 Å². The molecule has 0 aliphatic rings. The van der Waals surface area contributed by atoms with Gasteiger partial charge in [0.05, 0.1) is 6.10 Å². The number of hydrogen-bond donors (Lipinski definition) is 1. The average Bonchev–Trinajstić information content (AvgIpc) is 2.16. The molecule has 3 nitrogen and oxygen atoms in total. The molecule has 1 N–H and O–H groups in total. The van der Waals surface area contributed by atoms with E-state index in [2.05, 4.69) is 24.1 Å². The zero-order valence-electron chi connectivity index (χ0n) is 10.9. The second kappa shape index (κ2) is 5.30. The van der Waals surface area contributed by atoms with Gasteiger partial charge in [-0.3, -0.25) is 0 Å². The third-order valence-electron chi connectivity index (χ3n) is 2.44. The minimum absolute atomic E-state index is 0.0590. The summed E-state index contributed by atoms with van der Waals surface area (Å²) >= 11 is 0. The second-order valence-corrected chi connectivity index (χ2v) is 4.94. The molecule has 0 spiro atoms. The summed E-state index contributed by atoms with van der Waals surface area (Å²) in [5.74, 6) is 0.708. The highest BCUT2D eigenvalue weighted by molar-refractivity contribution is 5.17. The number of hydrogen-bond acceptors (Lipinski definition) is 3. The minimum atomic E-state index is 0.0590. The van der Waals surface area contributed by atoms with Gasteiger partial charge in [-0.2, -0.15) is 0 Å². The summed E-state index contributed by atoms with van der Waals surface area (Å²) in [6.07, 6.45) is 1.05. The van der Waals surface area contributed by atoms with Crippen molar-refractivity contribution in [2.24, 2.45) is 0 Å². The van der Waals surface area contributed by atoms with E-state index in [1.165, 1.54) is 0 Å². The van der Waals surface area contributed by atoms with Crippen LogP contribution in [0.5, 0.6) is 5.88 Å². The maximum atomic E-state index is 5.57. The summed E-state index contributed by atoms with van der Waals surface area (Å²) in [7, 11) is 1.97. The van der Waals surface area contributed by atoms with Crippen molar-refractivity contribution in [3.05, 3.63) is 23.9 Å². The maximum Gasteiger partial charge on any atom is 0.213 e. The smallest absolute Gasteiger partial charge is 0.213 e. The van der Waals surface area contributed by atoms with Gasteiger partial charge in [0.2, 0.25) is 5.88 Å². The monoisotopic (exact) mass is 222 g/mol. The van der Waals surface area contributed by atoms with Crippen LogP contribution in [0.3, 0.4) is 0 Å². The highest BCUT2D eigenvalue weighted by atomic mass is 16.5. The number of nitrogens with one attached hydrogen (secondary N) is 1. The fraction of sp³-hybridized carbons (Fsp3) is 0.615. The molecule has 1 aromatic heterocycles. The Balaban J connectivity index is 2.74. The molecule has 16 heavy (non-hydrogen) atoms. The first-order valence-corrected chi connectivity index (χ1v) is 5.74. The van der Waals surface area contributed by atoms with Crippen molar-refractivity contribution in [1.82, 2.24) is 10.3 Å². The zero-order chi connectivity index (χ0) is 12.2. The van der Waals surface area contributed by atoms with Crippen LogP contribution >= 0.6 is 0 Å². The molecule has 0 aromatic carbocycles. The number of ether oxygens (including phenoxy) is 1. The molecule has 0 amide bonds. The largest absolute Gasteiger partial charge is 0.475 e. The van der Waals surface area contributed by atoms with Gasteiger partial charge in [-0.1, -0.05) is 6.07 Å². The summed E-state index contributed by atoms with van der Waals surface area (Å²) in [5, 5.41) is 3.27. The fourth-order valence-corrected chi connectivity index (χ4v) is 1.40. The van der Waals surface area contributed by atoms with Crippen molar-refractivity contribution >= 4 is 0 Å². The summed E-state index contributed by atoms with van der Waals surface area (Å²) in [5.41, 5.74) is 1.11. The SMILES string of the molecule is CNC(C)(C)Cc1cccc(OC(C)C)n1. The predicted molar refractivity (Wildman–Crippen MR) is 66.8 cm³/mol. The van der Waals surface area contributed by atoms with Crippen LogP contribution in [-0.2, 0) is 6.42 Å². The number of pyridine rings is 1. The summed E-state index contributed by atoms with van der Waals surface area (Å²) in [4.78, 5) is 4.48. The van der Waals surface area contributed by atoms with Gasteiger partial charge in [-0.25, -0.2) is 4.98 Å². The third-order valence-corrected chi connectivity index (χ3v) is 2.44. The molecule has 0 atom stereocenters. The van der Waals surface area contributed by atoms with Crippen LogP contribution in [0, 0.1) is 0 Å².